The molecule has 30 heavy (non-hydrogen) atoms. The molecular formula is C26H18N4. The van der Waals surface area contributed by atoms with E-state index in [4.69, 9.17) is 0 Å². The third-order valence-electron chi connectivity index (χ3n) is 4.96. The zero-order chi connectivity index (χ0) is 20.2. The van der Waals surface area contributed by atoms with Gasteiger partial charge in [-0.1, -0.05) is 66.7 Å². The molecule has 0 N–H and O–H groups in total. The van der Waals surface area contributed by atoms with Crippen molar-refractivity contribution in [3.63, 3.8) is 0 Å². The standard InChI is InChI=1S/C26H18N4/c1-3-8-19(9-4-1)21-14-22(16-23(15-21)26-29-17-27-18-30-26)24-12-7-13-28-25(24)20-10-5-2-6-11-20/h1-18H. The van der Waals surface area contributed by atoms with Gasteiger partial charge in [0.1, 0.15) is 12.7 Å². The van der Waals surface area contributed by atoms with Crippen molar-refractivity contribution >= 4 is 0 Å². The minimum atomic E-state index is 0.647. The SMILES string of the molecule is c1ccc(-c2cc(-c3ncncn3)cc(-c3cccnc3-c3ccccc3)c2)cc1. The molecule has 0 aliphatic rings. The van der Waals surface area contributed by atoms with Crippen LogP contribution in [0.2, 0.25) is 0 Å². The van der Waals surface area contributed by atoms with E-state index in [0.717, 1.165) is 39.1 Å². The molecule has 5 aromatic rings. The molecule has 0 radical (unpaired) electrons. The van der Waals surface area contributed by atoms with Crippen molar-refractivity contribution < 1.29 is 0 Å². The molecule has 142 valence electrons. The molecule has 0 saturated heterocycles. The third-order valence-corrected chi connectivity index (χ3v) is 4.96. The second-order valence-electron chi connectivity index (χ2n) is 6.89. The van der Waals surface area contributed by atoms with Gasteiger partial charge in [0.05, 0.1) is 5.69 Å². The van der Waals surface area contributed by atoms with Crippen LogP contribution in [-0.4, -0.2) is 19.9 Å². The van der Waals surface area contributed by atoms with E-state index in [1.54, 1.807) is 0 Å². The minimum absolute atomic E-state index is 0.647. The zero-order valence-electron chi connectivity index (χ0n) is 16.2. The first-order chi connectivity index (χ1) is 14.9. The maximum atomic E-state index is 4.69. The Morgan fingerprint density at radius 3 is 1.83 bits per heavy atom. The van der Waals surface area contributed by atoms with Gasteiger partial charge in [0.15, 0.2) is 5.82 Å². The van der Waals surface area contributed by atoms with Crippen molar-refractivity contribution in [1.82, 2.24) is 19.9 Å². The van der Waals surface area contributed by atoms with Gasteiger partial charge >= 0.3 is 0 Å². The van der Waals surface area contributed by atoms with Crippen molar-refractivity contribution in [3.05, 3.63) is 110 Å². The summed E-state index contributed by atoms with van der Waals surface area (Å²) in [6.45, 7) is 0. The van der Waals surface area contributed by atoms with Crippen molar-refractivity contribution in [2.24, 2.45) is 0 Å². The second kappa shape index (κ2) is 8.05. The van der Waals surface area contributed by atoms with E-state index in [2.05, 4.69) is 68.5 Å². The Hall–Kier alpha value is -4.18. The third kappa shape index (κ3) is 3.59. The smallest absolute Gasteiger partial charge is 0.162 e. The summed E-state index contributed by atoms with van der Waals surface area (Å²) in [6, 6.07) is 31.1. The predicted octanol–water partition coefficient (Wildman–Crippen LogP) is 5.93. The number of benzene rings is 3. The lowest BCUT2D eigenvalue weighted by Crippen LogP contribution is -1.93. The molecule has 0 aliphatic carbocycles. The maximum absolute atomic E-state index is 4.69. The van der Waals surface area contributed by atoms with Crippen LogP contribution < -0.4 is 0 Å². The molecule has 0 unspecified atom stereocenters. The Kier molecular flexibility index (Phi) is 4.80. The molecule has 2 aromatic heterocycles. The highest BCUT2D eigenvalue weighted by Crippen LogP contribution is 2.35. The number of hydrogen-bond acceptors (Lipinski definition) is 4. The van der Waals surface area contributed by atoms with Gasteiger partial charge in [-0.3, -0.25) is 4.98 Å². The molecule has 0 saturated carbocycles. The van der Waals surface area contributed by atoms with Crippen LogP contribution in [0.25, 0.3) is 44.9 Å². The minimum Gasteiger partial charge on any atom is -0.256 e. The van der Waals surface area contributed by atoms with Gasteiger partial charge < -0.3 is 0 Å². The second-order valence-corrected chi connectivity index (χ2v) is 6.89. The molecule has 4 nitrogen and oxygen atoms in total. The van der Waals surface area contributed by atoms with Crippen LogP contribution in [0.1, 0.15) is 0 Å². The van der Waals surface area contributed by atoms with E-state index >= 15 is 0 Å². The highest BCUT2D eigenvalue weighted by atomic mass is 15.0. The van der Waals surface area contributed by atoms with Gasteiger partial charge in [-0.25, -0.2) is 15.0 Å². The lowest BCUT2D eigenvalue weighted by Gasteiger charge is -2.13. The number of pyridine rings is 1. The highest BCUT2D eigenvalue weighted by molar-refractivity contribution is 5.86. The summed E-state index contributed by atoms with van der Waals surface area (Å²) in [6.07, 6.45) is 4.88. The summed E-state index contributed by atoms with van der Waals surface area (Å²) in [5.74, 6) is 0.647. The molecule has 5 rings (SSSR count). The summed E-state index contributed by atoms with van der Waals surface area (Å²) in [4.78, 5) is 17.4. The summed E-state index contributed by atoms with van der Waals surface area (Å²) >= 11 is 0. The van der Waals surface area contributed by atoms with Gasteiger partial charge in [-0.2, -0.15) is 0 Å². The Morgan fingerprint density at radius 1 is 0.467 bits per heavy atom. The first kappa shape index (κ1) is 17.9. The highest BCUT2D eigenvalue weighted by Gasteiger charge is 2.13. The molecule has 4 heteroatoms. The molecule has 0 bridgehead atoms. The average Bonchev–Trinajstić information content (AvgIpc) is 2.85. The fourth-order valence-corrected chi connectivity index (χ4v) is 3.56. The monoisotopic (exact) mass is 386 g/mol. The van der Waals surface area contributed by atoms with E-state index in [1.807, 2.05) is 48.7 Å². The van der Waals surface area contributed by atoms with Crippen LogP contribution in [0.3, 0.4) is 0 Å². The van der Waals surface area contributed by atoms with Crippen molar-refractivity contribution in [1.29, 1.82) is 0 Å². The molecule has 0 atom stereocenters. The van der Waals surface area contributed by atoms with Gasteiger partial charge in [0.2, 0.25) is 0 Å². The predicted molar refractivity (Wildman–Crippen MR) is 119 cm³/mol. The number of rotatable bonds is 4. The quantitative estimate of drug-likeness (QED) is 0.384. The molecule has 0 fully saturated rings. The summed E-state index contributed by atoms with van der Waals surface area (Å²) < 4.78 is 0. The fraction of sp³-hybridized carbons (Fsp3) is 0. The zero-order valence-corrected chi connectivity index (χ0v) is 16.2. The van der Waals surface area contributed by atoms with Gasteiger partial charge in [-0.15, -0.1) is 0 Å². The van der Waals surface area contributed by atoms with Crippen LogP contribution in [-0.2, 0) is 0 Å². The molecule has 0 aliphatic heterocycles. The largest absolute Gasteiger partial charge is 0.256 e. The van der Waals surface area contributed by atoms with E-state index < -0.39 is 0 Å². The number of nitrogens with zero attached hydrogens (tertiary/aromatic N) is 4. The number of hydrogen-bond donors (Lipinski definition) is 0. The Balaban J connectivity index is 1.74. The lowest BCUT2D eigenvalue weighted by molar-refractivity contribution is 1.06. The van der Waals surface area contributed by atoms with Crippen LogP contribution >= 0.6 is 0 Å². The van der Waals surface area contributed by atoms with Gasteiger partial charge in [0, 0.05) is 22.9 Å². The van der Waals surface area contributed by atoms with Crippen LogP contribution in [0.15, 0.2) is 110 Å². The Labute approximate surface area is 175 Å². The molecular weight excluding hydrogens is 368 g/mol. The molecule has 3 aromatic carbocycles. The van der Waals surface area contributed by atoms with Gasteiger partial charge in [0.25, 0.3) is 0 Å². The number of aromatic nitrogens is 4. The molecule has 0 spiro atoms. The Bertz CT molecular complexity index is 1210. The van der Waals surface area contributed by atoms with Crippen molar-refractivity contribution in [3.8, 4) is 44.9 Å². The van der Waals surface area contributed by atoms with Crippen molar-refractivity contribution in [2.45, 2.75) is 0 Å². The average molecular weight is 386 g/mol. The topological polar surface area (TPSA) is 51.6 Å². The van der Waals surface area contributed by atoms with Crippen LogP contribution in [0.4, 0.5) is 0 Å². The van der Waals surface area contributed by atoms with Gasteiger partial charge in [-0.05, 0) is 41.0 Å². The maximum Gasteiger partial charge on any atom is 0.162 e. The van der Waals surface area contributed by atoms with E-state index in [9.17, 15) is 0 Å². The fourth-order valence-electron chi connectivity index (χ4n) is 3.56. The van der Waals surface area contributed by atoms with Crippen LogP contribution in [0.5, 0.6) is 0 Å². The lowest BCUT2D eigenvalue weighted by atomic mass is 9.93. The Morgan fingerprint density at radius 2 is 1.10 bits per heavy atom. The summed E-state index contributed by atoms with van der Waals surface area (Å²) in [7, 11) is 0. The molecule has 0 amide bonds. The van der Waals surface area contributed by atoms with E-state index in [0.29, 0.717) is 5.82 Å². The van der Waals surface area contributed by atoms with Crippen LogP contribution in [0, 0.1) is 0 Å². The summed E-state index contributed by atoms with van der Waals surface area (Å²) in [5.41, 5.74) is 7.35. The normalized spacial score (nSPS) is 10.7. The first-order valence-electron chi connectivity index (χ1n) is 9.72. The van der Waals surface area contributed by atoms with E-state index in [-0.39, 0.29) is 0 Å². The summed E-state index contributed by atoms with van der Waals surface area (Å²) in [5, 5.41) is 0. The van der Waals surface area contributed by atoms with Crippen molar-refractivity contribution in [2.75, 3.05) is 0 Å². The molecule has 2 heterocycles. The first-order valence-corrected chi connectivity index (χ1v) is 9.72. The van der Waals surface area contributed by atoms with E-state index in [1.165, 1.54) is 12.7 Å².